The van der Waals surface area contributed by atoms with E-state index in [-0.39, 0.29) is 24.0 Å². The maximum atomic E-state index is 12.8. The molecule has 4 rings (SSSR count). The van der Waals surface area contributed by atoms with Gasteiger partial charge in [-0.25, -0.2) is 9.59 Å². The third kappa shape index (κ3) is 5.32. The smallest absolute Gasteiger partial charge is 0.407 e. The zero-order chi connectivity index (χ0) is 25.1. The highest BCUT2D eigenvalue weighted by molar-refractivity contribution is 14.1. The zero-order valence-electron chi connectivity index (χ0n) is 19.2. The Morgan fingerprint density at radius 2 is 1.57 bits per heavy atom. The Balaban J connectivity index is 1.35. The lowest BCUT2D eigenvalue weighted by atomic mass is 9.98. The lowest BCUT2D eigenvalue weighted by Gasteiger charge is -2.22. The predicted molar refractivity (Wildman–Crippen MR) is 142 cm³/mol. The summed E-state index contributed by atoms with van der Waals surface area (Å²) in [6.07, 6.45) is -0.596. The van der Waals surface area contributed by atoms with Crippen molar-refractivity contribution in [1.29, 1.82) is 0 Å². The number of benzene rings is 3. The molecule has 0 fully saturated rings. The van der Waals surface area contributed by atoms with Gasteiger partial charge in [-0.3, -0.25) is 4.79 Å². The lowest BCUT2D eigenvalue weighted by Crippen LogP contribution is -2.42. The number of hydrogen-bond donors (Lipinski definition) is 3. The summed E-state index contributed by atoms with van der Waals surface area (Å²) in [5.74, 6) is -2.04. The number of carbonyl (C=O) groups excluding carboxylic acids is 2. The molecule has 180 valence electrons. The van der Waals surface area contributed by atoms with Crippen LogP contribution in [-0.2, 0) is 9.53 Å². The molecule has 7 nitrogen and oxygen atoms in total. The summed E-state index contributed by atoms with van der Waals surface area (Å²) < 4.78 is 6.28. The minimum absolute atomic E-state index is 0.0484. The third-order valence-electron chi connectivity index (χ3n) is 6.32. The lowest BCUT2D eigenvalue weighted by molar-refractivity contribution is -0.120. The maximum absolute atomic E-state index is 12.8. The average molecular weight is 584 g/mol. The molecule has 3 N–H and O–H groups in total. The highest BCUT2D eigenvalue weighted by atomic mass is 127. The molecule has 2 amide bonds. The van der Waals surface area contributed by atoms with Crippen LogP contribution in [-0.4, -0.2) is 35.7 Å². The van der Waals surface area contributed by atoms with Crippen LogP contribution in [0.25, 0.3) is 11.1 Å². The van der Waals surface area contributed by atoms with Crippen LogP contribution in [0.2, 0.25) is 0 Å². The molecule has 35 heavy (non-hydrogen) atoms. The molecule has 3 aromatic rings. The Morgan fingerprint density at radius 3 is 2.17 bits per heavy atom. The molecule has 0 spiro atoms. The first-order valence-corrected chi connectivity index (χ1v) is 12.3. The summed E-state index contributed by atoms with van der Waals surface area (Å²) >= 11 is 2.03. The molecule has 0 bridgehead atoms. The normalized spacial score (nSPS) is 13.8. The van der Waals surface area contributed by atoms with Crippen molar-refractivity contribution < 1.29 is 24.2 Å². The summed E-state index contributed by atoms with van der Waals surface area (Å²) in [5, 5.41) is 14.7. The number of anilines is 1. The Morgan fingerprint density at radius 1 is 0.971 bits per heavy atom. The second-order valence-electron chi connectivity index (χ2n) is 8.54. The van der Waals surface area contributed by atoms with E-state index < -0.39 is 24.0 Å². The van der Waals surface area contributed by atoms with E-state index >= 15 is 0 Å². The topological polar surface area (TPSA) is 105 Å². The second kappa shape index (κ2) is 10.5. The van der Waals surface area contributed by atoms with Crippen molar-refractivity contribution in [3.8, 4) is 11.1 Å². The number of hydrogen-bond acceptors (Lipinski definition) is 4. The summed E-state index contributed by atoms with van der Waals surface area (Å²) in [7, 11) is 0. The number of rotatable bonds is 7. The molecule has 3 aromatic carbocycles. The first kappa shape index (κ1) is 24.7. The number of carbonyl (C=O) groups is 3. The standard InChI is InChI=1S/C27H25IN2O5/c1-15(25(31)30-24-13-17(26(32)33)11-12-23(24)28)16(2)29-27(34)35-14-22-20-9-5-3-7-18(20)19-8-4-6-10-21(19)22/h3-13,15-16,22H,14H2,1-2H3,(H,29,34)(H,30,31)(H,32,33). The fourth-order valence-corrected chi connectivity index (χ4v) is 4.65. The number of ether oxygens (including phenoxy) is 1. The van der Waals surface area contributed by atoms with Crippen molar-refractivity contribution in [3.63, 3.8) is 0 Å². The Bertz CT molecular complexity index is 1250. The maximum Gasteiger partial charge on any atom is 0.407 e. The molecule has 0 saturated heterocycles. The van der Waals surface area contributed by atoms with Gasteiger partial charge in [-0.2, -0.15) is 0 Å². The van der Waals surface area contributed by atoms with Gasteiger partial charge in [0.15, 0.2) is 0 Å². The number of nitrogens with one attached hydrogen (secondary N) is 2. The van der Waals surface area contributed by atoms with E-state index in [1.165, 1.54) is 12.1 Å². The number of carboxylic acid groups (broad SMARTS) is 1. The molecule has 1 aliphatic carbocycles. The minimum Gasteiger partial charge on any atom is -0.478 e. The van der Waals surface area contributed by atoms with E-state index in [1.807, 2.05) is 46.9 Å². The molecule has 0 heterocycles. The molecule has 1 aliphatic rings. The number of aromatic carboxylic acids is 1. The number of alkyl carbamates (subject to hydrolysis) is 1. The summed E-state index contributed by atoms with van der Waals surface area (Å²) in [4.78, 5) is 36.5. The van der Waals surface area contributed by atoms with Crippen molar-refractivity contribution in [2.75, 3.05) is 11.9 Å². The van der Waals surface area contributed by atoms with Crippen molar-refractivity contribution >= 4 is 46.2 Å². The number of fused-ring (bicyclic) bond motifs is 3. The van der Waals surface area contributed by atoms with Crippen molar-refractivity contribution in [1.82, 2.24) is 5.32 Å². The highest BCUT2D eigenvalue weighted by Crippen LogP contribution is 2.44. The predicted octanol–water partition coefficient (Wildman–Crippen LogP) is 5.49. The molecule has 2 unspecified atom stereocenters. The van der Waals surface area contributed by atoms with Crippen LogP contribution in [0.1, 0.15) is 41.3 Å². The Hall–Kier alpha value is -3.40. The van der Waals surface area contributed by atoms with E-state index in [1.54, 1.807) is 19.9 Å². The van der Waals surface area contributed by atoms with Crippen LogP contribution in [0.15, 0.2) is 66.7 Å². The minimum atomic E-state index is -1.07. The van der Waals surface area contributed by atoms with Crippen molar-refractivity contribution in [2.24, 2.45) is 5.92 Å². The fourth-order valence-electron chi connectivity index (χ4n) is 4.18. The monoisotopic (exact) mass is 584 g/mol. The van der Waals surface area contributed by atoms with Gasteiger partial charge in [0.2, 0.25) is 5.91 Å². The molecular formula is C27H25IN2O5. The largest absolute Gasteiger partial charge is 0.478 e. The number of carboxylic acids is 1. The first-order valence-electron chi connectivity index (χ1n) is 11.2. The first-order chi connectivity index (χ1) is 16.8. The summed E-state index contributed by atoms with van der Waals surface area (Å²) in [5.41, 5.74) is 5.05. The third-order valence-corrected chi connectivity index (χ3v) is 7.26. The number of amides is 2. The fraction of sp³-hybridized carbons (Fsp3) is 0.222. The second-order valence-corrected chi connectivity index (χ2v) is 9.70. The molecule has 2 atom stereocenters. The quantitative estimate of drug-likeness (QED) is 0.319. The van der Waals surface area contributed by atoms with Gasteiger partial charge >= 0.3 is 12.1 Å². The van der Waals surface area contributed by atoms with Gasteiger partial charge in [-0.1, -0.05) is 55.5 Å². The van der Waals surface area contributed by atoms with Gasteiger partial charge in [0.25, 0.3) is 0 Å². The zero-order valence-corrected chi connectivity index (χ0v) is 21.4. The highest BCUT2D eigenvalue weighted by Gasteiger charge is 2.30. The molecular weight excluding hydrogens is 559 g/mol. The van der Waals surface area contributed by atoms with E-state index in [9.17, 15) is 19.5 Å². The average Bonchev–Trinajstić information content (AvgIpc) is 3.17. The molecule has 0 aliphatic heterocycles. The van der Waals surface area contributed by atoms with Crippen LogP contribution in [0.4, 0.5) is 10.5 Å². The summed E-state index contributed by atoms with van der Waals surface area (Å²) in [6.45, 7) is 3.61. The van der Waals surface area contributed by atoms with Gasteiger partial charge in [0, 0.05) is 15.5 Å². The van der Waals surface area contributed by atoms with Crippen LogP contribution >= 0.6 is 22.6 Å². The van der Waals surface area contributed by atoms with E-state index in [0.717, 1.165) is 22.3 Å². The Kier molecular flexibility index (Phi) is 7.39. The van der Waals surface area contributed by atoms with Gasteiger partial charge in [0.1, 0.15) is 6.61 Å². The Labute approximate surface area is 217 Å². The molecule has 0 radical (unpaired) electrons. The van der Waals surface area contributed by atoms with E-state index in [2.05, 4.69) is 34.9 Å². The van der Waals surface area contributed by atoms with Gasteiger partial charge in [-0.15, -0.1) is 0 Å². The van der Waals surface area contributed by atoms with E-state index in [0.29, 0.717) is 9.26 Å². The summed E-state index contributed by atoms with van der Waals surface area (Å²) in [6, 6.07) is 20.2. The van der Waals surface area contributed by atoms with E-state index in [4.69, 9.17) is 4.74 Å². The van der Waals surface area contributed by atoms with Crippen LogP contribution in [0.5, 0.6) is 0 Å². The SMILES string of the molecule is CC(NC(=O)OCC1c2ccccc2-c2ccccc21)C(C)C(=O)Nc1cc(C(=O)O)ccc1I. The number of halogens is 1. The molecule has 0 saturated carbocycles. The van der Waals surface area contributed by atoms with Crippen LogP contribution in [0, 0.1) is 9.49 Å². The van der Waals surface area contributed by atoms with Gasteiger partial charge in [-0.05, 0) is 70.0 Å². The molecule has 8 heteroatoms. The van der Waals surface area contributed by atoms with Gasteiger partial charge in [0.05, 0.1) is 17.2 Å². The molecule has 0 aromatic heterocycles. The van der Waals surface area contributed by atoms with Crippen LogP contribution in [0.3, 0.4) is 0 Å². The van der Waals surface area contributed by atoms with Crippen LogP contribution < -0.4 is 10.6 Å². The van der Waals surface area contributed by atoms with Crippen molar-refractivity contribution in [2.45, 2.75) is 25.8 Å². The van der Waals surface area contributed by atoms with Crippen molar-refractivity contribution in [3.05, 3.63) is 87.0 Å². The van der Waals surface area contributed by atoms with Gasteiger partial charge < -0.3 is 20.5 Å².